The molecule has 1 aliphatic heterocycles. The van der Waals surface area contributed by atoms with Crippen LogP contribution in [0.5, 0.6) is 0 Å². The van der Waals surface area contributed by atoms with Crippen LogP contribution in [0.1, 0.15) is 19.8 Å². The lowest BCUT2D eigenvalue weighted by Gasteiger charge is -2.29. The first-order valence-corrected chi connectivity index (χ1v) is 5.14. The molecule has 0 saturated carbocycles. The summed E-state index contributed by atoms with van der Waals surface area (Å²) in [7, 11) is 1.59. The Morgan fingerprint density at radius 2 is 2.00 bits per heavy atom. The Balaban J connectivity index is 2.17. The maximum atomic E-state index is 11.4. The first-order chi connectivity index (χ1) is 6.74. The van der Waals surface area contributed by atoms with Crippen LogP contribution in [-0.2, 0) is 9.47 Å². The average Bonchev–Trinajstić information content (AvgIpc) is 2.19. The van der Waals surface area contributed by atoms with Crippen molar-refractivity contribution in [1.29, 1.82) is 0 Å². The SMILES string of the molecule is COCCOC(=O)N1CCC(C)CC1. The summed E-state index contributed by atoms with van der Waals surface area (Å²) in [5.41, 5.74) is 0. The lowest BCUT2D eigenvalue weighted by molar-refractivity contribution is 0.0638. The summed E-state index contributed by atoms with van der Waals surface area (Å²) in [6, 6.07) is 0. The summed E-state index contributed by atoms with van der Waals surface area (Å²) in [5, 5.41) is 0. The van der Waals surface area contributed by atoms with Crippen LogP contribution < -0.4 is 0 Å². The van der Waals surface area contributed by atoms with E-state index in [1.165, 1.54) is 0 Å². The number of carbonyl (C=O) groups is 1. The topological polar surface area (TPSA) is 38.8 Å². The van der Waals surface area contributed by atoms with Crippen LogP contribution in [-0.4, -0.2) is 44.4 Å². The molecule has 1 saturated heterocycles. The van der Waals surface area contributed by atoms with E-state index in [0.717, 1.165) is 31.8 Å². The molecule has 0 aromatic carbocycles. The van der Waals surface area contributed by atoms with Crippen molar-refractivity contribution in [3.8, 4) is 0 Å². The number of likely N-dealkylation sites (tertiary alicyclic amines) is 1. The molecule has 1 fully saturated rings. The van der Waals surface area contributed by atoms with Crippen molar-refractivity contribution in [2.75, 3.05) is 33.4 Å². The molecule has 0 spiro atoms. The van der Waals surface area contributed by atoms with Gasteiger partial charge in [-0.3, -0.25) is 0 Å². The fourth-order valence-electron chi connectivity index (χ4n) is 1.49. The highest BCUT2D eigenvalue weighted by Gasteiger charge is 2.20. The maximum absolute atomic E-state index is 11.4. The fraction of sp³-hybridized carbons (Fsp3) is 0.900. The standard InChI is InChI=1S/C10H19NO3/c1-9-3-5-11(6-4-9)10(12)14-8-7-13-2/h9H,3-8H2,1-2H3. The van der Waals surface area contributed by atoms with Gasteiger partial charge in [0, 0.05) is 20.2 Å². The molecule has 1 aliphatic rings. The second-order valence-electron chi connectivity index (χ2n) is 3.78. The molecule has 0 aromatic rings. The average molecular weight is 201 g/mol. The summed E-state index contributed by atoms with van der Waals surface area (Å²) in [6.07, 6.45) is 1.97. The number of methoxy groups -OCH3 is 1. The Bertz CT molecular complexity index is 176. The second kappa shape index (κ2) is 5.86. The number of nitrogens with zero attached hydrogens (tertiary/aromatic N) is 1. The quantitative estimate of drug-likeness (QED) is 0.649. The zero-order valence-electron chi connectivity index (χ0n) is 8.99. The molecule has 1 heterocycles. The lowest BCUT2D eigenvalue weighted by atomic mass is 10.00. The highest BCUT2D eigenvalue weighted by molar-refractivity contribution is 5.67. The van der Waals surface area contributed by atoms with E-state index in [0.29, 0.717) is 13.2 Å². The first kappa shape index (κ1) is 11.3. The van der Waals surface area contributed by atoms with Gasteiger partial charge in [0.15, 0.2) is 0 Å². The van der Waals surface area contributed by atoms with Gasteiger partial charge in [-0.1, -0.05) is 6.92 Å². The number of hydrogen-bond donors (Lipinski definition) is 0. The van der Waals surface area contributed by atoms with Crippen molar-refractivity contribution < 1.29 is 14.3 Å². The van der Waals surface area contributed by atoms with Gasteiger partial charge in [-0.25, -0.2) is 4.79 Å². The van der Waals surface area contributed by atoms with Crippen molar-refractivity contribution >= 4 is 6.09 Å². The van der Waals surface area contributed by atoms with E-state index >= 15 is 0 Å². The Morgan fingerprint density at radius 1 is 1.36 bits per heavy atom. The highest BCUT2D eigenvalue weighted by atomic mass is 16.6. The van der Waals surface area contributed by atoms with E-state index < -0.39 is 0 Å². The molecule has 1 rings (SSSR count). The molecule has 0 aromatic heterocycles. The summed E-state index contributed by atoms with van der Waals surface area (Å²) >= 11 is 0. The Kier molecular flexibility index (Phi) is 4.73. The second-order valence-corrected chi connectivity index (χ2v) is 3.78. The predicted octanol–water partition coefficient (Wildman–Crippen LogP) is 1.50. The van der Waals surface area contributed by atoms with Crippen molar-refractivity contribution in [1.82, 2.24) is 4.90 Å². The minimum atomic E-state index is -0.200. The minimum absolute atomic E-state index is 0.200. The Labute approximate surface area is 85.2 Å². The highest BCUT2D eigenvalue weighted by Crippen LogP contribution is 2.16. The molecular weight excluding hydrogens is 182 g/mol. The molecule has 0 atom stereocenters. The predicted molar refractivity (Wildman–Crippen MR) is 53.2 cm³/mol. The van der Waals surface area contributed by atoms with Crippen molar-refractivity contribution in [2.45, 2.75) is 19.8 Å². The van der Waals surface area contributed by atoms with Crippen LogP contribution in [0.3, 0.4) is 0 Å². The number of amides is 1. The van der Waals surface area contributed by atoms with E-state index in [9.17, 15) is 4.79 Å². The third-order valence-corrected chi connectivity index (χ3v) is 2.55. The Hall–Kier alpha value is -0.770. The number of rotatable bonds is 3. The molecular formula is C10H19NO3. The Morgan fingerprint density at radius 3 is 2.57 bits per heavy atom. The fourth-order valence-corrected chi connectivity index (χ4v) is 1.49. The van der Waals surface area contributed by atoms with Crippen LogP contribution in [0, 0.1) is 5.92 Å². The largest absolute Gasteiger partial charge is 0.447 e. The number of carbonyl (C=O) groups excluding carboxylic acids is 1. The van der Waals surface area contributed by atoms with Crippen LogP contribution in [0.15, 0.2) is 0 Å². The third kappa shape index (κ3) is 3.54. The molecule has 14 heavy (non-hydrogen) atoms. The van der Waals surface area contributed by atoms with Crippen molar-refractivity contribution in [3.63, 3.8) is 0 Å². The van der Waals surface area contributed by atoms with Crippen molar-refractivity contribution in [3.05, 3.63) is 0 Å². The van der Waals surface area contributed by atoms with Gasteiger partial charge in [-0.2, -0.15) is 0 Å². The van der Waals surface area contributed by atoms with E-state index in [-0.39, 0.29) is 6.09 Å². The van der Waals surface area contributed by atoms with Gasteiger partial charge in [0.2, 0.25) is 0 Å². The smallest absolute Gasteiger partial charge is 0.409 e. The molecule has 0 unspecified atom stereocenters. The van der Waals surface area contributed by atoms with E-state index in [1.54, 1.807) is 12.0 Å². The first-order valence-electron chi connectivity index (χ1n) is 5.14. The van der Waals surface area contributed by atoms with E-state index in [4.69, 9.17) is 9.47 Å². The minimum Gasteiger partial charge on any atom is -0.447 e. The molecule has 1 amide bonds. The molecule has 4 nitrogen and oxygen atoms in total. The normalized spacial score (nSPS) is 18.3. The van der Waals surface area contributed by atoms with Gasteiger partial charge in [-0.15, -0.1) is 0 Å². The zero-order valence-corrected chi connectivity index (χ0v) is 8.99. The van der Waals surface area contributed by atoms with E-state index in [1.807, 2.05) is 0 Å². The molecule has 0 N–H and O–H groups in total. The van der Waals surface area contributed by atoms with Gasteiger partial charge in [0.05, 0.1) is 6.61 Å². The molecule has 0 bridgehead atoms. The van der Waals surface area contributed by atoms with E-state index in [2.05, 4.69) is 6.92 Å². The van der Waals surface area contributed by atoms with Gasteiger partial charge >= 0.3 is 6.09 Å². The zero-order chi connectivity index (χ0) is 10.4. The lowest BCUT2D eigenvalue weighted by Crippen LogP contribution is -2.38. The summed E-state index contributed by atoms with van der Waals surface area (Å²) in [4.78, 5) is 13.2. The van der Waals surface area contributed by atoms with Gasteiger partial charge in [-0.05, 0) is 18.8 Å². The molecule has 4 heteroatoms. The third-order valence-electron chi connectivity index (χ3n) is 2.55. The van der Waals surface area contributed by atoms with Crippen LogP contribution in [0.4, 0.5) is 4.79 Å². The number of ether oxygens (including phenoxy) is 2. The van der Waals surface area contributed by atoms with Crippen LogP contribution in [0.25, 0.3) is 0 Å². The van der Waals surface area contributed by atoms with Crippen LogP contribution in [0.2, 0.25) is 0 Å². The maximum Gasteiger partial charge on any atom is 0.409 e. The molecule has 82 valence electrons. The van der Waals surface area contributed by atoms with Gasteiger partial charge in [0.1, 0.15) is 6.61 Å². The van der Waals surface area contributed by atoms with Gasteiger partial charge in [0.25, 0.3) is 0 Å². The van der Waals surface area contributed by atoms with Crippen LogP contribution >= 0.6 is 0 Å². The number of piperidine rings is 1. The molecule has 0 radical (unpaired) electrons. The molecule has 0 aliphatic carbocycles. The monoisotopic (exact) mass is 201 g/mol. The number of hydrogen-bond acceptors (Lipinski definition) is 3. The van der Waals surface area contributed by atoms with Crippen molar-refractivity contribution in [2.24, 2.45) is 5.92 Å². The summed E-state index contributed by atoms with van der Waals surface area (Å²) < 4.78 is 9.82. The summed E-state index contributed by atoms with van der Waals surface area (Å²) in [5.74, 6) is 0.734. The van der Waals surface area contributed by atoms with Gasteiger partial charge < -0.3 is 14.4 Å². The summed E-state index contributed by atoms with van der Waals surface area (Å²) in [6.45, 7) is 4.69.